The molecule has 3 aromatic rings. The van der Waals surface area contributed by atoms with E-state index >= 15 is 0 Å². The fourth-order valence-corrected chi connectivity index (χ4v) is 3.44. The zero-order valence-electron chi connectivity index (χ0n) is 18.4. The van der Waals surface area contributed by atoms with Crippen molar-refractivity contribution in [2.24, 2.45) is 0 Å². The van der Waals surface area contributed by atoms with Gasteiger partial charge in [-0.1, -0.05) is 73.5 Å². The minimum atomic E-state index is -0.687. The molecule has 0 spiro atoms. The molecule has 0 aliphatic carbocycles. The number of carbonyl (C=O) groups excluding carboxylic acids is 1. The first-order chi connectivity index (χ1) is 15.4. The number of anilines is 2. The summed E-state index contributed by atoms with van der Waals surface area (Å²) in [7, 11) is 0. The predicted octanol–water partition coefficient (Wildman–Crippen LogP) is 3.47. The van der Waals surface area contributed by atoms with Crippen LogP contribution in [-0.4, -0.2) is 15.5 Å². The summed E-state index contributed by atoms with van der Waals surface area (Å²) in [5.74, 6) is -0.423. The second-order valence-electron chi connectivity index (χ2n) is 7.66. The summed E-state index contributed by atoms with van der Waals surface area (Å²) in [5.41, 5.74) is 7.75. The summed E-state index contributed by atoms with van der Waals surface area (Å²) in [6, 6.07) is 17.0. The van der Waals surface area contributed by atoms with Gasteiger partial charge in [0.05, 0.1) is 6.54 Å². The number of carbonyl (C=O) groups is 1. The first kappa shape index (κ1) is 22.8. The number of hydrogen-bond donors (Lipinski definition) is 2. The van der Waals surface area contributed by atoms with Gasteiger partial charge in [-0.2, -0.15) is 0 Å². The fourth-order valence-electron chi connectivity index (χ4n) is 3.44. The maximum absolute atomic E-state index is 13.3. The van der Waals surface area contributed by atoms with Gasteiger partial charge in [0.1, 0.15) is 5.82 Å². The van der Waals surface area contributed by atoms with Crippen LogP contribution in [0.2, 0.25) is 0 Å². The molecule has 0 saturated heterocycles. The monoisotopic (exact) mass is 432 g/mol. The molecule has 0 unspecified atom stereocenters. The maximum Gasteiger partial charge on any atom is 0.330 e. The Morgan fingerprint density at radius 1 is 1.12 bits per heavy atom. The lowest BCUT2D eigenvalue weighted by Crippen LogP contribution is -2.40. The highest BCUT2D eigenvalue weighted by atomic mass is 16.2. The average molecular weight is 433 g/mol. The molecule has 1 heterocycles. The number of unbranched alkanes of at least 4 members (excludes halogenated alkanes) is 1. The Kier molecular flexibility index (Phi) is 7.44. The highest BCUT2D eigenvalue weighted by molar-refractivity contribution is 6.05. The number of aryl methyl sites for hydroxylation is 1. The van der Waals surface area contributed by atoms with Crippen molar-refractivity contribution in [3.8, 4) is 0 Å². The molecule has 3 N–H and O–H groups in total. The first-order valence-corrected chi connectivity index (χ1v) is 10.6. The van der Waals surface area contributed by atoms with E-state index in [1.807, 2.05) is 68.4 Å². The lowest BCUT2D eigenvalue weighted by molar-refractivity contribution is -0.114. The van der Waals surface area contributed by atoms with Crippen molar-refractivity contribution in [2.75, 3.05) is 10.6 Å². The zero-order chi connectivity index (χ0) is 23.1. The van der Waals surface area contributed by atoms with Crippen LogP contribution in [0.1, 0.15) is 36.5 Å². The molecule has 32 heavy (non-hydrogen) atoms. The van der Waals surface area contributed by atoms with Crippen LogP contribution in [0.15, 0.2) is 70.3 Å². The van der Waals surface area contributed by atoms with Gasteiger partial charge in [0, 0.05) is 12.6 Å². The highest BCUT2D eigenvalue weighted by Crippen LogP contribution is 2.21. The topological polar surface area (TPSA) is 101 Å². The van der Waals surface area contributed by atoms with Gasteiger partial charge < -0.3 is 5.73 Å². The Balaban J connectivity index is 2.06. The molecule has 0 atom stereocenters. The van der Waals surface area contributed by atoms with E-state index < -0.39 is 17.2 Å². The molecule has 1 aromatic heterocycles. The van der Waals surface area contributed by atoms with E-state index in [1.165, 1.54) is 15.5 Å². The van der Waals surface area contributed by atoms with E-state index in [9.17, 15) is 14.4 Å². The number of benzene rings is 2. The SMILES string of the molecule is CCCCn1c(N)c(N(Cc2ccccc2)C(=O)/C=C/c2cccc(C)c2)c(=O)[nH]c1=O. The van der Waals surface area contributed by atoms with E-state index in [0.29, 0.717) is 6.54 Å². The molecule has 1 amide bonds. The number of nitrogens with two attached hydrogens (primary N) is 1. The van der Waals surface area contributed by atoms with Crippen molar-refractivity contribution in [3.05, 3.63) is 98.2 Å². The molecule has 0 saturated carbocycles. The standard InChI is InChI=1S/C25H28N4O3/c1-3-4-15-28-23(26)22(24(31)27-25(28)32)29(17-20-10-6-5-7-11-20)21(30)14-13-19-12-8-9-18(2)16-19/h5-14,16H,3-4,15,17,26H2,1-2H3,(H,27,31,32)/b14-13+. The lowest BCUT2D eigenvalue weighted by atomic mass is 10.1. The van der Waals surface area contributed by atoms with Gasteiger partial charge in [-0.15, -0.1) is 0 Å². The number of hydrogen-bond acceptors (Lipinski definition) is 4. The molecular formula is C25H28N4O3. The highest BCUT2D eigenvalue weighted by Gasteiger charge is 2.23. The van der Waals surface area contributed by atoms with Crippen LogP contribution < -0.4 is 21.9 Å². The molecule has 0 fully saturated rings. The van der Waals surface area contributed by atoms with E-state index in [1.54, 1.807) is 6.08 Å². The van der Waals surface area contributed by atoms with Gasteiger partial charge in [-0.25, -0.2) is 4.79 Å². The van der Waals surface area contributed by atoms with Crippen LogP contribution in [-0.2, 0) is 17.9 Å². The Labute approximate surface area is 186 Å². The van der Waals surface area contributed by atoms with Gasteiger partial charge in [-0.3, -0.25) is 24.0 Å². The van der Waals surface area contributed by atoms with Gasteiger partial charge in [0.2, 0.25) is 0 Å². The Bertz CT molecular complexity index is 1230. The first-order valence-electron chi connectivity index (χ1n) is 10.6. The Morgan fingerprint density at radius 2 is 1.88 bits per heavy atom. The van der Waals surface area contributed by atoms with Crippen LogP contribution in [0, 0.1) is 6.92 Å². The molecule has 0 aliphatic heterocycles. The lowest BCUT2D eigenvalue weighted by Gasteiger charge is -2.23. The summed E-state index contributed by atoms with van der Waals surface area (Å²) < 4.78 is 1.32. The smallest absolute Gasteiger partial charge is 0.330 e. The molecule has 3 rings (SSSR count). The van der Waals surface area contributed by atoms with Crippen LogP contribution in [0.4, 0.5) is 11.5 Å². The fraction of sp³-hybridized carbons (Fsp3) is 0.240. The molecule has 0 bridgehead atoms. The molecule has 2 aromatic carbocycles. The number of nitrogens with one attached hydrogen (secondary N) is 1. The molecule has 0 radical (unpaired) electrons. The average Bonchev–Trinajstić information content (AvgIpc) is 2.77. The maximum atomic E-state index is 13.3. The molecule has 0 aliphatic rings. The predicted molar refractivity (Wildman–Crippen MR) is 128 cm³/mol. The van der Waals surface area contributed by atoms with Crippen LogP contribution in [0.25, 0.3) is 6.08 Å². The number of H-pyrrole nitrogens is 1. The van der Waals surface area contributed by atoms with Crippen molar-refractivity contribution in [2.45, 2.75) is 39.8 Å². The third kappa shape index (κ3) is 5.43. The third-order valence-electron chi connectivity index (χ3n) is 5.13. The molecule has 7 nitrogen and oxygen atoms in total. The van der Waals surface area contributed by atoms with Gasteiger partial charge in [-0.05, 0) is 30.5 Å². The second kappa shape index (κ2) is 10.4. The Hall–Kier alpha value is -3.87. The van der Waals surface area contributed by atoms with Crippen molar-refractivity contribution in [3.63, 3.8) is 0 Å². The largest absolute Gasteiger partial charge is 0.383 e. The summed E-state index contributed by atoms with van der Waals surface area (Å²) in [5, 5.41) is 0. The van der Waals surface area contributed by atoms with Crippen LogP contribution >= 0.6 is 0 Å². The second-order valence-corrected chi connectivity index (χ2v) is 7.66. The number of amides is 1. The van der Waals surface area contributed by atoms with E-state index in [4.69, 9.17) is 5.73 Å². The number of nitrogen functional groups attached to an aromatic ring is 1. The van der Waals surface area contributed by atoms with Crippen molar-refractivity contribution >= 4 is 23.5 Å². The number of rotatable bonds is 8. The molecule has 7 heteroatoms. The number of aromatic nitrogens is 2. The molecule has 166 valence electrons. The minimum absolute atomic E-state index is 0.0135. The quantitative estimate of drug-likeness (QED) is 0.532. The van der Waals surface area contributed by atoms with Gasteiger partial charge >= 0.3 is 5.69 Å². The molecular weight excluding hydrogens is 404 g/mol. The number of aromatic amines is 1. The van der Waals surface area contributed by atoms with Crippen molar-refractivity contribution < 1.29 is 4.79 Å². The summed E-state index contributed by atoms with van der Waals surface area (Å²) >= 11 is 0. The summed E-state index contributed by atoms with van der Waals surface area (Å²) in [6.45, 7) is 4.46. The van der Waals surface area contributed by atoms with E-state index in [2.05, 4.69) is 4.98 Å². The Morgan fingerprint density at radius 3 is 2.56 bits per heavy atom. The zero-order valence-corrected chi connectivity index (χ0v) is 18.4. The van der Waals surface area contributed by atoms with E-state index in [-0.39, 0.29) is 18.1 Å². The van der Waals surface area contributed by atoms with Gasteiger partial charge in [0.25, 0.3) is 11.5 Å². The normalized spacial score (nSPS) is 11.1. The van der Waals surface area contributed by atoms with Crippen LogP contribution in [0.5, 0.6) is 0 Å². The van der Waals surface area contributed by atoms with Crippen molar-refractivity contribution in [1.82, 2.24) is 9.55 Å². The summed E-state index contributed by atoms with van der Waals surface area (Å²) in [4.78, 5) is 42.0. The third-order valence-corrected chi connectivity index (χ3v) is 5.13. The number of nitrogens with zero attached hydrogens (tertiary/aromatic N) is 2. The van der Waals surface area contributed by atoms with E-state index in [0.717, 1.165) is 29.5 Å². The van der Waals surface area contributed by atoms with Gasteiger partial charge in [0.15, 0.2) is 5.69 Å². The van der Waals surface area contributed by atoms with Crippen LogP contribution in [0.3, 0.4) is 0 Å². The minimum Gasteiger partial charge on any atom is -0.383 e. The summed E-state index contributed by atoms with van der Waals surface area (Å²) in [6.07, 6.45) is 4.69. The van der Waals surface area contributed by atoms with Crippen molar-refractivity contribution in [1.29, 1.82) is 0 Å².